The SMILES string of the molecule is CCOC(=O)C1=C(C)N=c2s/c(=C\c3ccc(C)c(OC)c3)c(=O)n2[C@@H]1c1cc(OC)c(OC)cc1Br. The van der Waals surface area contributed by atoms with Gasteiger partial charge in [0, 0.05) is 4.47 Å². The monoisotopic (exact) mass is 586 g/mol. The van der Waals surface area contributed by atoms with Crippen molar-refractivity contribution in [3.63, 3.8) is 0 Å². The average Bonchev–Trinajstić information content (AvgIpc) is 3.18. The Kier molecular flexibility index (Phi) is 7.89. The molecule has 0 saturated carbocycles. The molecule has 3 aromatic rings. The summed E-state index contributed by atoms with van der Waals surface area (Å²) in [4.78, 5) is 32.1. The Morgan fingerprint density at radius 3 is 2.41 bits per heavy atom. The van der Waals surface area contributed by atoms with Gasteiger partial charge in [-0.3, -0.25) is 9.36 Å². The van der Waals surface area contributed by atoms with E-state index in [-0.39, 0.29) is 17.7 Å². The molecule has 0 aliphatic carbocycles. The molecule has 0 bridgehead atoms. The van der Waals surface area contributed by atoms with Crippen molar-refractivity contribution in [1.82, 2.24) is 4.57 Å². The molecule has 8 nitrogen and oxygen atoms in total. The van der Waals surface area contributed by atoms with Crippen LogP contribution in [0.1, 0.15) is 36.6 Å². The molecule has 0 unspecified atom stereocenters. The second kappa shape index (κ2) is 10.9. The molecule has 194 valence electrons. The van der Waals surface area contributed by atoms with Gasteiger partial charge in [-0.05, 0) is 61.7 Å². The molecular weight excluding hydrogens is 560 g/mol. The fourth-order valence-electron chi connectivity index (χ4n) is 4.24. The summed E-state index contributed by atoms with van der Waals surface area (Å²) in [5, 5.41) is 0. The van der Waals surface area contributed by atoms with Gasteiger partial charge in [-0.15, -0.1) is 0 Å². The van der Waals surface area contributed by atoms with Crippen LogP contribution in [-0.4, -0.2) is 38.5 Å². The third-order valence-electron chi connectivity index (χ3n) is 6.04. The molecule has 2 aromatic carbocycles. The average molecular weight is 587 g/mol. The van der Waals surface area contributed by atoms with Crippen molar-refractivity contribution in [3.8, 4) is 17.2 Å². The Bertz CT molecular complexity index is 1590. The van der Waals surface area contributed by atoms with Crippen molar-refractivity contribution in [3.05, 3.63) is 82.5 Å². The van der Waals surface area contributed by atoms with Crippen LogP contribution in [0.2, 0.25) is 0 Å². The number of nitrogens with zero attached hydrogens (tertiary/aromatic N) is 2. The minimum atomic E-state index is -0.792. The van der Waals surface area contributed by atoms with E-state index in [1.165, 1.54) is 23.0 Å². The number of aryl methyl sites for hydroxylation is 1. The number of ether oxygens (including phenoxy) is 4. The van der Waals surface area contributed by atoms with Crippen LogP contribution in [0.4, 0.5) is 0 Å². The normalized spacial score (nSPS) is 15.2. The van der Waals surface area contributed by atoms with E-state index in [9.17, 15) is 9.59 Å². The predicted molar refractivity (Wildman–Crippen MR) is 145 cm³/mol. The highest BCUT2D eigenvalue weighted by Crippen LogP contribution is 2.40. The molecule has 2 heterocycles. The van der Waals surface area contributed by atoms with Gasteiger partial charge in [0.1, 0.15) is 5.75 Å². The first-order chi connectivity index (χ1) is 17.7. The summed E-state index contributed by atoms with van der Waals surface area (Å²) in [5.74, 6) is 1.17. The van der Waals surface area contributed by atoms with E-state index >= 15 is 0 Å². The molecule has 0 saturated heterocycles. The molecule has 0 radical (unpaired) electrons. The Labute approximate surface area is 226 Å². The molecule has 1 aliphatic heterocycles. The topological polar surface area (TPSA) is 88.4 Å². The first-order valence-electron chi connectivity index (χ1n) is 11.5. The fraction of sp³-hybridized carbons (Fsp3) is 0.296. The maximum atomic E-state index is 13.8. The summed E-state index contributed by atoms with van der Waals surface area (Å²) in [5.41, 5.74) is 2.94. The number of carbonyl (C=O) groups excluding carboxylic acids is 1. The summed E-state index contributed by atoms with van der Waals surface area (Å²) in [6.07, 6.45) is 1.80. The number of thiazole rings is 1. The smallest absolute Gasteiger partial charge is 0.338 e. The van der Waals surface area contributed by atoms with Crippen molar-refractivity contribution in [1.29, 1.82) is 0 Å². The number of rotatable bonds is 7. The van der Waals surface area contributed by atoms with E-state index in [4.69, 9.17) is 18.9 Å². The van der Waals surface area contributed by atoms with Gasteiger partial charge in [-0.25, -0.2) is 9.79 Å². The lowest BCUT2D eigenvalue weighted by atomic mass is 9.95. The Morgan fingerprint density at radius 2 is 1.76 bits per heavy atom. The molecule has 0 amide bonds. The van der Waals surface area contributed by atoms with Gasteiger partial charge in [0.05, 0.1) is 49.8 Å². The number of fused-ring (bicyclic) bond motifs is 1. The van der Waals surface area contributed by atoms with Crippen LogP contribution in [-0.2, 0) is 9.53 Å². The van der Waals surface area contributed by atoms with E-state index in [1.807, 2.05) is 25.1 Å². The second-order valence-electron chi connectivity index (χ2n) is 8.26. The van der Waals surface area contributed by atoms with Gasteiger partial charge in [0.15, 0.2) is 16.3 Å². The van der Waals surface area contributed by atoms with Gasteiger partial charge >= 0.3 is 5.97 Å². The zero-order valence-electron chi connectivity index (χ0n) is 21.4. The standard InChI is InChI=1S/C27H27BrN2O6S/c1-7-36-26(32)23-15(3)29-27-30(24(23)17-12-20(34-5)21(35-6)13-18(17)28)25(31)22(37-27)11-16-9-8-14(2)19(10-16)33-4/h8-13,24H,7H2,1-6H3/b22-11-/t24-/m1/s1. The Morgan fingerprint density at radius 1 is 1.08 bits per heavy atom. The molecule has 0 spiro atoms. The van der Waals surface area contributed by atoms with Crippen LogP contribution in [0, 0.1) is 6.92 Å². The highest BCUT2D eigenvalue weighted by Gasteiger charge is 2.35. The van der Waals surface area contributed by atoms with Crippen molar-refractivity contribution < 1.29 is 23.7 Å². The second-order valence-corrected chi connectivity index (χ2v) is 10.1. The molecule has 37 heavy (non-hydrogen) atoms. The summed E-state index contributed by atoms with van der Waals surface area (Å²) < 4.78 is 24.4. The van der Waals surface area contributed by atoms with Gasteiger partial charge < -0.3 is 18.9 Å². The van der Waals surface area contributed by atoms with Gasteiger partial charge in [-0.1, -0.05) is 39.4 Å². The van der Waals surface area contributed by atoms with Crippen LogP contribution in [0.5, 0.6) is 17.2 Å². The lowest BCUT2D eigenvalue weighted by Crippen LogP contribution is -2.40. The number of methoxy groups -OCH3 is 3. The Hall–Kier alpha value is -3.37. The lowest BCUT2D eigenvalue weighted by Gasteiger charge is -2.26. The molecule has 10 heteroatoms. The minimum Gasteiger partial charge on any atom is -0.496 e. The molecule has 0 N–H and O–H groups in total. The highest BCUT2D eigenvalue weighted by molar-refractivity contribution is 9.10. The maximum Gasteiger partial charge on any atom is 0.338 e. The van der Waals surface area contributed by atoms with E-state index in [0.29, 0.717) is 36.6 Å². The maximum absolute atomic E-state index is 13.8. The fourth-order valence-corrected chi connectivity index (χ4v) is 5.83. The molecule has 0 fully saturated rings. The van der Waals surface area contributed by atoms with Crippen LogP contribution in [0.15, 0.2) is 55.9 Å². The summed E-state index contributed by atoms with van der Waals surface area (Å²) in [6, 6.07) is 8.46. The van der Waals surface area contributed by atoms with Crippen LogP contribution < -0.4 is 29.1 Å². The van der Waals surface area contributed by atoms with Crippen molar-refractivity contribution in [2.75, 3.05) is 27.9 Å². The van der Waals surface area contributed by atoms with Gasteiger partial charge in [0.2, 0.25) is 0 Å². The van der Waals surface area contributed by atoms with Crippen molar-refractivity contribution in [2.24, 2.45) is 4.99 Å². The summed E-state index contributed by atoms with van der Waals surface area (Å²) in [6.45, 7) is 5.63. The lowest BCUT2D eigenvalue weighted by molar-refractivity contribution is -0.139. The molecule has 1 atom stereocenters. The number of hydrogen-bond acceptors (Lipinski definition) is 8. The number of allylic oxidation sites excluding steroid dienone is 1. The number of aromatic nitrogens is 1. The minimum absolute atomic E-state index is 0.190. The molecular formula is C27H27BrN2O6S. The number of carbonyl (C=O) groups is 1. The zero-order valence-corrected chi connectivity index (χ0v) is 23.8. The van der Waals surface area contributed by atoms with E-state index < -0.39 is 12.0 Å². The number of esters is 1. The van der Waals surface area contributed by atoms with Crippen LogP contribution in [0.25, 0.3) is 6.08 Å². The first kappa shape index (κ1) is 26.7. The van der Waals surface area contributed by atoms with Crippen molar-refractivity contribution in [2.45, 2.75) is 26.8 Å². The van der Waals surface area contributed by atoms with Crippen LogP contribution in [0.3, 0.4) is 0 Å². The number of benzene rings is 2. The summed E-state index contributed by atoms with van der Waals surface area (Å²) in [7, 11) is 4.69. The van der Waals surface area contributed by atoms with Gasteiger partial charge in [0.25, 0.3) is 5.56 Å². The zero-order chi connectivity index (χ0) is 26.9. The van der Waals surface area contributed by atoms with E-state index in [2.05, 4.69) is 20.9 Å². The number of halogens is 1. The Balaban J connectivity index is 2.00. The largest absolute Gasteiger partial charge is 0.496 e. The molecule has 1 aromatic heterocycles. The third kappa shape index (κ3) is 4.95. The third-order valence-corrected chi connectivity index (χ3v) is 7.71. The van der Waals surface area contributed by atoms with E-state index in [0.717, 1.165) is 16.9 Å². The highest BCUT2D eigenvalue weighted by atomic mass is 79.9. The quantitative estimate of drug-likeness (QED) is 0.390. The van der Waals surface area contributed by atoms with Crippen LogP contribution >= 0.6 is 27.3 Å². The molecule has 4 rings (SSSR count). The molecule has 1 aliphatic rings. The summed E-state index contributed by atoms with van der Waals surface area (Å²) >= 11 is 4.86. The van der Waals surface area contributed by atoms with Gasteiger partial charge in [-0.2, -0.15) is 0 Å². The number of hydrogen-bond donors (Lipinski definition) is 0. The van der Waals surface area contributed by atoms with E-state index in [1.54, 1.807) is 46.3 Å². The first-order valence-corrected chi connectivity index (χ1v) is 13.1. The van der Waals surface area contributed by atoms with Crippen molar-refractivity contribution >= 4 is 39.3 Å². The predicted octanol–water partition coefficient (Wildman–Crippen LogP) is 3.90.